The van der Waals surface area contributed by atoms with Crippen molar-refractivity contribution in [3.05, 3.63) is 78.9 Å². The highest BCUT2D eigenvalue weighted by atomic mass is 31.2. The third kappa shape index (κ3) is 160. The number of hydrogen-bond acceptors (Lipinski definition) is 5. The van der Waals surface area contributed by atoms with Crippen LogP contribution < -0.4 is 0 Å². The SMILES string of the molecule is C=C.C=C.C=C.C=C.C=C.C=C.CCCCCCCCCCCCCOP(=O)(O)O.CCOCC.OCCO. The van der Waals surface area contributed by atoms with Gasteiger partial charge in [0.2, 0.25) is 0 Å². The van der Waals surface area contributed by atoms with Gasteiger partial charge in [0.25, 0.3) is 0 Å². The van der Waals surface area contributed by atoms with E-state index in [1.807, 2.05) is 13.8 Å². The maximum atomic E-state index is 10.4. The molecule has 0 aliphatic carbocycles. The molecular weight excluding hydrogens is 515 g/mol. The molecule has 0 aliphatic heterocycles. The Morgan fingerprint density at radius 3 is 0.949 bits per heavy atom. The first-order valence-corrected chi connectivity index (χ1v) is 14.9. The van der Waals surface area contributed by atoms with Crippen LogP contribution in [-0.2, 0) is 13.8 Å². The lowest BCUT2D eigenvalue weighted by Crippen LogP contribution is -1.92. The molecule has 0 atom stereocenters. The van der Waals surface area contributed by atoms with Crippen LogP contribution in [0, 0.1) is 0 Å². The highest BCUT2D eigenvalue weighted by Gasteiger charge is 2.12. The van der Waals surface area contributed by atoms with E-state index in [9.17, 15) is 4.57 Å². The molecule has 0 saturated heterocycles. The Morgan fingerprint density at radius 1 is 0.513 bits per heavy atom. The minimum atomic E-state index is -4.25. The number of aliphatic hydroxyl groups excluding tert-OH is 2. The maximum Gasteiger partial charge on any atom is 0.469 e. The van der Waals surface area contributed by atoms with Gasteiger partial charge in [-0.25, -0.2) is 4.57 Å². The zero-order chi connectivity index (χ0) is 33.2. The molecule has 4 N–H and O–H groups in total. The average molecular weight is 585 g/mol. The second-order valence-electron chi connectivity index (χ2n) is 6.09. The fourth-order valence-corrected chi connectivity index (χ4v) is 2.52. The zero-order valence-corrected chi connectivity index (χ0v) is 27.2. The number of aliphatic hydroxyl groups is 2. The summed E-state index contributed by atoms with van der Waals surface area (Å²) >= 11 is 0. The van der Waals surface area contributed by atoms with Crippen molar-refractivity contribution in [1.29, 1.82) is 0 Å². The summed E-state index contributed by atoms with van der Waals surface area (Å²) in [5.41, 5.74) is 0. The molecule has 39 heavy (non-hydrogen) atoms. The third-order valence-corrected chi connectivity index (χ3v) is 4.03. The Bertz CT molecular complexity index is 347. The van der Waals surface area contributed by atoms with E-state index >= 15 is 0 Å². The zero-order valence-electron chi connectivity index (χ0n) is 26.3. The topological polar surface area (TPSA) is 116 Å². The van der Waals surface area contributed by atoms with E-state index in [1.165, 1.54) is 51.4 Å². The normalized spacial score (nSPS) is 7.97. The van der Waals surface area contributed by atoms with E-state index in [1.54, 1.807) is 0 Å². The van der Waals surface area contributed by atoms with Crippen molar-refractivity contribution in [1.82, 2.24) is 0 Å². The summed E-state index contributed by atoms with van der Waals surface area (Å²) in [5, 5.41) is 15.2. The third-order valence-electron chi connectivity index (χ3n) is 3.52. The van der Waals surface area contributed by atoms with Crippen LogP contribution in [0.25, 0.3) is 0 Å². The Balaban J connectivity index is -0.0000000504. The molecule has 0 fully saturated rings. The molecular formula is C31H69O7P. The summed E-state index contributed by atoms with van der Waals surface area (Å²) in [6.07, 6.45) is 13.5. The van der Waals surface area contributed by atoms with E-state index in [4.69, 9.17) is 24.7 Å². The second-order valence-corrected chi connectivity index (χ2v) is 7.33. The van der Waals surface area contributed by atoms with Crippen LogP contribution in [0.5, 0.6) is 0 Å². The molecule has 0 bridgehead atoms. The number of hydrogen-bond donors (Lipinski definition) is 4. The minimum Gasteiger partial charge on any atom is -0.394 e. The minimum absolute atomic E-state index is 0.125. The van der Waals surface area contributed by atoms with Crippen molar-refractivity contribution in [2.24, 2.45) is 0 Å². The number of ether oxygens (including phenoxy) is 1. The lowest BCUT2D eigenvalue weighted by Gasteiger charge is -2.05. The second kappa shape index (κ2) is 90.9. The predicted molar refractivity (Wildman–Crippen MR) is 178 cm³/mol. The van der Waals surface area contributed by atoms with Gasteiger partial charge in [-0.3, -0.25) is 4.52 Å². The fourth-order valence-electron chi connectivity index (χ4n) is 2.15. The molecule has 0 aliphatic rings. The van der Waals surface area contributed by atoms with Gasteiger partial charge in [-0.05, 0) is 20.3 Å². The van der Waals surface area contributed by atoms with E-state index < -0.39 is 7.82 Å². The summed E-state index contributed by atoms with van der Waals surface area (Å²) in [5.74, 6) is 0. The number of rotatable bonds is 16. The van der Waals surface area contributed by atoms with Crippen molar-refractivity contribution in [2.75, 3.05) is 33.0 Å². The Labute approximate surface area is 245 Å². The summed E-state index contributed by atoms with van der Waals surface area (Å²) in [6, 6.07) is 0. The summed E-state index contributed by atoms with van der Waals surface area (Å²) < 4.78 is 19.6. The van der Waals surface area contributed by atoms with Crippen molar-refractivity contribution in [2.45, 2.75) is 91.4 Å². The van der Waals surface area contributed by atoms with Crippen LogP contribution in [0.2, 0.25) is 0 Å². The molecule has 0 rings (SSSR count). The first-order chi connectivity index (χ1) is 18.9. The lowest BCUT2D eigenvalue weighted by molar-refractivity contribution is 0.162. The van der Waals surface area contributed by atoms with Gasteiger partial charge in [-0.2, -0.15) is 0 Å². The first-order valence-electron chi connectivity index (χ1n) is 13.4. The van der Waals surface area contributed by atoms with Gasteiger partial charge in [-0.1, -0.05) is 71.1 Å². The summed E-state index contributed by atoms with van der Waals surface area (Å²) in [6.45, 7) is 43.8. The Hall–Kier alpha value is -1.57. The molecule has 0 unspecified atom stereocenters. The molecule has 0 aromatic rings. The Morgan fingerprint density at radius 2 is 0.769 bits per heavy atom. The van der Waals surface area contributed by atoms with Crippen LogP contribution >= 0.6 is 7.82 Å². The van der Waals surface area contributed by atoms with Gasteiger partial charge in [0, 0.05) is 13.2 Å². The highest BCUT2D eigenvalue weighted by Crippen LogP contribution is 2.35. The van der Waals surface area contributed by atoms with Crippen molar-refractivity contribution in [3.63, 3.8) is 0 Å². The quantitative estimate of drug-likeness (QED) is 0.0811. The van der Waals surface area contributed by atoms with Gasteiger partial charge in [0.05, 0.1) is 19.8 Å². The average Bonchev–Trinajstić information content (AvgIpc) is 3.00. The Kier molecular flexibility index (Phi) is 143. The van der Waals surface area contributed by atoms with Gasteiger partial charge in [0.15, 0.2) is 0 Å². The largest absolute Gasteiger partial charge is 0.469 e. The van der Waals surface area contributed by atoms with Crippen LogP contribution in [0.15, 0.2) is 78.9 Å². The maximum absolute atomic E-state index is 10.4. The predicted octanol–water partition coefficient (Wildman–Crippen LogP) is 9.23. The fraction of sp³-hybridized carbons (Fsp3) is 0.613. The molecule has 0 spiro atoms. The molecule has 240 valence electrons. The van der Waals surface area contributed by atoms with Crippen LogP contribution in [0.3, 0.4) is 0 Å². The van der Waals surface area contributed by atoms with Crippen molar-refractivity contribution >= 4 is 7.82 Å². The summed E-state index contributed by atoms with van der Waals surface area (Å²) in [7, 11) is -4.25. The van der Waals surface area contributed by atoms with E-state index in [0.29, 0.717) is 0 Å². The van der Waals surface area contributed by atoms with Crippen molar-refractivity contribution in [3.8, 4) is 0 Å². The van der Waals surface area contributed by atoms with Gasteiger partial charge >= 0.3 is 7.82 Å². The van der Waals surface area contributed by atoms with Gasteiger partial charge in [-0.15, -0.1) is 78.9 Å². The monoisotopic (exact) mass is 584 g/mol. The first kappa shape index (κ1) is 61.5. The molecule has 0 aromatic carbocycles. The molecule has 7 nitrogen and oxygen atoms in total. The molecule has 0 aromatic heterocycles. The van der Waals surface area contributed by atoms with Crippen LogP contribution in [0.1, 0.15) is 91.4 Å². The smallest absolute Gasteiger partial charge is 0.394 e. The van der Waals surface area contributed by atoms with Crippen LogP contribution in [0.4, 0.5) is 0 Å². The van der Waals surface area contributed by atoms with E-state index in [2.05, 4.69) is 90.4 Å². The molecule has 0 amide bonds. The van der Waals surface area contributed by atoms with Gasteiger partial charge in [0.1, 0.15) is 0 Å². The summed E-state index contributed by atoms with van der Waals surface area (Å²) in [4.78, 5) is 16.9. The number of unbranched alkanes of at least 4 members (excludes halogenated alkanes) is 10. The van der Waals surface area contributed by atoms with E-state index in [-0.39, 0.29) is 19.8 Å². The van der Waals surface area contributed by atoms with E-state index in [0.717, 1.165) is 32.5 Å². The highest BCUT2D eigenvalue weighted by molar-refractivity contribution is 7.46. The molecule has 8 heteroatoms. The number of phosphoric ester groups is 1. The number of phosphoric acid groups is 1. The van der Waals surface area contributed by atoms with Crippen LogP contribution in [-0.4, -0.2) is 53.0 Å². The van der Waals surface area contributed by atoms with Gasteiger partial charge < -0.3 is 24.7 Å². The van der Waals surface area contributed by atoms with Crippen molar-refractivity contribution < 1.29 is 33.8 Å². The molecule has 0 heterocycles. The lowest BCUT2D eigenvalue weighted by atomic mass is 10.1. The molecule has 0 saturated carbocycles. The molecule has 0 radical (unpaired) electrons. The standard InChI is InChI=1S/C13H29O4P.C4H10O.C2H6O2.6C2H4/c1-2-3-4-5-6-7-8-9-10-11-12-13-17-18(14,15)16;1-3-5-4-2;3-1-2-4;6*1-2/h2-13H2,1H3,(H2,14,15,16);3-4H2,1-2H3;3-4H,1-2H2;6*1-2H2.